The first-order chi connectivity index (χ1) is 13.5. The Morgan fingerprint density at radius 3 is 2.18 bits per heavy atom. The van der Waals surface area contributed by atoms with Crippen molar-refractivity contribution in [3.63, 3.8) is 0 Å². The molecule has 0 bridgehead atoms. The van der Waals surface area contributed by atoms with Gasteiger partial charge in [-0.05, 0) is 53.2 Å². The maximum Gasteiger partial charge on any atom is 0.193 e. The molecule has 3 heteroatoms. The molecule has 1 aromatic heterocycles. The van der Waals surface area contributed by atoms with Crippen LogP contribution in [0.1, 0.15) is 38.1 Å². The van der Waals surface area contributed by atoms with Gasteiger partial charge in [0.25, 0.3) is 0 Å². The number of hydrogen-bond donors (Lipinski definition) is 0. The summed E-state index contributed by atoms with van der Waals surface area (Å²) in [6.07, 6.45) is 0.776. The summed E-state index contributed by atoms with van der Waals surface area (Å²) in [6.45, 7) is 11.4. The number of hydrogen-bond acceptors (Lipinski definition) is 1. The largest absolute Gasteiger partial charge is 0.405 e. The first kappa shape index (κ1) is 20.6. The lowest BCUT2D eigenvalue weighted by atomic mass is 10.00. The Kier molecular flexibility index (Phi) is 6.58. The molecule has 0 N–H and O–H groups in total. The van der Waals surface area contributed by atoms with Crippen LogP contribution in [0, 0.1) is 0 Å². The summed E-state index contributed by atoms with van der Waals surface area (Å²) in [6, 6.07) is 24.9. The quantitative estimate of drug-likeness (QED) is 0.282. The topological polar surface area (TPSA) is 14.2 Å². The second kappa shape index (κ2) is 8.93. The number of benzene rings is 2. The molecule has 0 amide bonds. The number of aromatic nitrogens is 1. The third-order valence-corrected chi connectivity index (χ3v) is 10.8. The molecule has 1 atom stereocenters. The van der Waals surface area contributed by atoms with Crippen molar-refractivity contribution >= 4 is 19.2 Å². The highest BCUT2D eigenvalue weighted by Gasteiger charge is 2.34. The molecule has 1 unspecified atom stereocenters. The molecule has 148 valence electrons. The number of para-hydroxylation sites is 1. The van der Waals surface area contributed by atoms with E-state index >= 15 is 0 Å². The van der Waals surface area contributed by atoms with Crippen molar-refractivity contribution in [2.24, 2.45) is 7.05 Å². The highest BCUT2D eigenvalue weighted by Crippen LogP contribution is 2.37. The van der Waals surface area contributed by atoms with E-state index in [0.717, 1.165) is 30.1 Å². The number of aryl methyl sites for hydroxylation is 1. The van der Waals surface area contributed by atoms with Crippen molar-refractivity contribution in [3.8, 4) is 0 Å². The molecule has 3 rings (SSSR count). The molecule has 0 radical (unpaired) electrons. The zero-order chi connectivity index (χ0) is 20.1. The van der Waals surface area contributed by atoms with Crippen molar-refractivity contribution in [2.45, 2.75) is 51.4 Å². The Balaban J connectivity index is 2.02. The van der Waals surface area contributed by atoms with Gasteiger partial charge in [0.2, 0.25) is 0 Å². The van der Waals surface area contributed by atoms with E-state index in [1.807, 2.05) is 0 Å². The van der Waals surface area contributed by atoms with Crippen LogP contribution in [-0.4, -0.2) is 12.9 Å². The molecule has 0 fully saturated rings. The number of rotatable bonds is 9. The second-order valence-electron chi connectivity index (χ2n) is 7.75. The van der Waals surface area contributed by atoms with Crippen LogP contribution < -0.4 is 0 Å². The lowest BCUT2D eigenvalue weighted by Gasteiger charge is -2.34. The summed E-state index contributed by atoms with van der Waals surface area (Å²) in [4.78, 5) is 0. The van der Waals surface area contributed by atoms with Gasteiger partial charge in [-0.1, -0.05) is 75.9 Å². The van der Waals surface area contributed by atoms with Gasteiger partial charge in [-0.3, -0.25) is 0 Å². The highest BCUT2D eigenvalue weighted by molar-refractivity contribution is 6.73. The van der Waals surface area contributed by atoms with Crippen molar-refractivity contribution < 1.29 is 4.43 Å². The van der Waals surface area contributed by atoms with Crippen LogP contribution in [0.4, 0.5) is 0 Å². The van der Waals surface area contributed by atoms with Gasteiger partial charge in [0.15, 0.2) is 8.32 Å². The first-order valence-corrected chi connectivity index (χ1v) is 13.0. The lowest BCUT2D eigenvalue weighted by Crippen LogP contribution is -2.38. The Hall–Kier alpha value is -2.10. The van der Waals surface area contributed by atoms with E-state index in [0.29, 0.717) is 0 Å². The van der Waals surface area contributed by atoms with Crippen molar-refractivity contribution in [2.75, 3.05) is 0 Å². The summed E-state index contributed by atoms with van der Waals surface area (Å²) < 4.78 is 9.32. The van der Waals surface area contributed by atoms with Gasteiger partial charge in [0.1, 0.15) is 6.10 Å². The maximum atomic E-state index is 7.03. The average Bonchev–Trinajstić information content (AvgIpc) is 3.07. The number of fused-ring (bicyclic) bond motifs is 1. The van der Waals surface area contributed by atoms with Gasteiger partial charge >= 0.3 is 0 Å². The van der Waals surface area contributed by atoms with Crippen LogP contribution >= 0.6 is 0 Å². The summed E-state index contributed by atoms with van der Waals surface area (Å²) >= 11 is 0. The molecule has 1 heterocycles. The lowest BCUT2D eigenvalue weighted by molar-refractivity contribution is 0.215. The summed E-state index contributed by atoms with van der Waals surface area (Å²) in [7, 11) is 0.360. The van der Waals surface area contributed by atoms with Gasteiger partial charge in [0.05, 0.1) is 5.69 Å². The van der Waals surface area contributed by atoms with Gasteiger partial charge in [-0.2, -0.15) is 0 Å². The fourth-order valence-electron chi connectivity index (χ4n) is 4.12. The Morgan fingerprint density at radius 2 is 1.57 bits per heavy atom. The van der Waals surface area contributed by atoms with Gasteiger partial charge in [-0.25, -0.2) is 0 Å². The van der Waals surface area contributed by atoms with Crippen molar-refractivity contribution in [3.05, 3.63) is 84.1 Å². The van der Waals surface area contributed by atoms with E-state index < -0.39 is 8.32 Å². The summed E-state index contributed by atoms with van der Waals surface area (Å²) in [5, 5.41) is 1.26. The van der Waals surface area contributed by atoms with Crippen LogP contribution in [0.2, 0.25) is 18.1 Å². The van der Waals surface area contributed by atoms with Gasteiger partial charge in [-0.15, -0.1) is 0 Å². The van der Waals surface area contributed by atoms with E-state index in [-0.39, 0.29) is 6.10 Å². The standard InChI is InChI=1S/C25H33NOSi/c1-6-28(7-2,8-3)27-25(20(4)18-21-14-10-9-11-15-21)24-19-22-16-12-13-17-23(22)26(24)5/h9-17,19,25H,4,6-8,18H2,1-3,5H3. The molecule has 28 heavy (non-hydrogen) atoms. The van der Waals surface area contributed by atoms with E-state index in [1.165, 1.54) is 22.2 Å². The molecule has 0 aliphatic carbocycles. The summed E-state index contributed by atoms with van der Waals surface area (Å²) in [5.74, 6) is 0. The average molecular weight is 392 g/mol. The molecule has 0 saturated heterocycles. The highest BCUT2D eigenvalue weighted by atomic mass is 28.4. The predicted octanol–water partition coefficient (Wildman–Crippen LogP) is 7.04. The van der Waals surface area contributed by atoms with Crippen LogP contribution in [0.3, 0.4) is 0 Å². The fourth-order valence-corrected chi connectivity index (χ4v) is 6.90. The Bertz CT molecular complexity index is 916. The monoisotopic (exact) mass is 391 g/mol. The zero-order valence-corrected chi connectivity index (χ0v) is 18.7. The summed E-state index contributed by atoms with van der Waals surface area (Å²) in [5.41, 5.74) is 4.89. The normalized spacial score (nSPS) is 13.0. The second-order valence-corrected chi connectivity index (χ2v) is 12.5. The zero-order valence-electron chi connectivity index (χ0n) is 17.7. The first-order valence-electron chi connectivity index (χ1n) is 10.5. The van der Waals surface area contributed by atoms with Crippen LogP contribution in [0.15, 0.2) is 72.8 Å². The minimum absolute atomic E-state index is 0.0656. The minimum atomic E-state index is -1.79. The third kappa shape index (κ3) is 4.16. The van der Waals surface area contributed by atoms with Crippen LogP contribution in [0.25, 0.3) is 10.9 Å². The predicted molar refractivity (Wildman–Crippen MR) is 123 cm³/mol. The van der Waals surface area contributed by atoms with Crippen molar-refractivity contribution in [1.82, 2.24) is 4.57 Å². The molecule has 0 aliphatic heterocycles. The fraction of sp³-hybridized carbons (Fsp3) is 0.360. The minimum Gasteiger partial charge on any atom is -0.405 e. The molecule has 0 saturated carbocycles. The molecule has 0 aliphatic rings. The SMILES string of the molecule is C=C(Cc1ccccc1)C(O[Si](CC)(CC)CC)c1cc2ccccc2n1C. The van der Waals surface area contributed by atoms with Gasteiger partial charge < -0.3 is 8.99 Å². The van der Waals surface area contributed by atoms with E-state index in [2.05, 4.69) is 99.6 Å². The molecule has 2 aromatic carbocycles. The smallest absolute Gasteiger partial charge is 0.193 e. The molecular weight excluding hydrogens is 358 g/mol. The van der Waals surface area contributed by atoms with E-state index in [4.69, 9.17) is 4.43 Å². The van der Waals surface area contributed by atoms with E-state index in [1.54, 1.807) is 0 Å². The molecular formula is C25H33NOSi. The van der Waals surface area contributed by atoms with Crippen molar-refractivity contribution in [1.29, 1.82) is 0 Å². The third-order valence-electron chi connectivity index (χ3n) is 6.20. The number of nitrogens with zero attached hydrogens (tertiary/aromatic N) is 1. The Labute approximate surface area is 171 Å². The molecule has 3 aromatic rings. The Morgan fingerprint density at radius 1 is 0.964 bits per heavy atom. The maximum absolute atomic E-state index is 7.03. The van der Waals surface area contributed by atoms with Crippen LogP contribution in [0.5, 0.6) is 0 Å². The van der Waals surface area contributed by atoms with Gasteiger partial charge in [0, 0.05) is 12.6 Å². The van der Waals surface area contributed by atoms with Crippen LogP contribution in [-0.2, 0) is 17.9 Å². The molecule has 0 spiro atoms. The molecule has 2 nitrogen and oxygen atoms in total. The van der Waals surface area contributed by atoms with E-state index in [9.17, 15) is 0 Å².